The lowest BCUT2D eigenvalue weighted by atomic mass is 9.79. The molecular formula is C14H26N2O2. The smallest absolute Gasteiger partial charge is 0.225 e. The van der Waals surface area contributed by atoms with E-state index in [-0.39, 0.29) is 18.6 Å². The maximum Gasteiger partial charge on any atom is 0.225 e. The zero-order valence-corrected chi connectivity index (χ0v) is 11.3. The summed E-state index contributed by atoms with van der Waals surface area (Å²) < 4.78 is 0. The predicted molar refractivity (Wildman–Crippen MR) is 70.9 cm³/mol. The first-order valence-electron chi connectivity index (χ1n) is 7.25. The van der Waals surface area contributed by atoms with E-state index in [1.54, 1.807) is 0 Å². The number of amides is 1. The fourth-order valence-corrected chi connectivity index (χ4v) is 3.57. The van der Waals surface area contributed by atoms with E-state index >= 15 is 0 Å². The van der Waals surface area contributed by atoms with Crippen molar-refractivity contribution in [1.82, 2.24) is 4.90 Å². The summed E-state index contributed by atoms with van der Waals surface area (Å²) in [5.41, 5.74) is 6.02. The van der Waals surface area contributed by atoms with Crippen molar-refractivity contribution in [2.24, 2.45) is 23.5 Å². The standard InChI is InChI=1S/C14H26N2O2/c1-10-6-12(8-13(15)7-10)14(18)16-4-2-11(9-16)3-5-17/h10-13,17H,2-9,15H2,1H3. The summed E-state index contributed by atoms with van der Waals surface area (Å²) in [6.45, 7) is 4.12. The predicted octanol–water partition coefficient (Wildman–Crippen LogP) is 0.981. The Balaban J connectivity index is 1.87. The largest absolute Gasteiger partial charge is 0.396 e. The second-order valence-corrected chi connectivity index (χ2v) is 6.22. The van der Waals surface area contributed by atoms with Crippen molar-refractivity contribution < 1.29 is 9.90 Å². The van der Waals surface area contributed by atoms with Crippen molar-refractivity contribution in [3.05, 3.63) is 0 Å². The van der Waals surface area contributed by atoms with Crippen LogP contribution in [0.2, 0.25) is 0 Å². The topological polar surface area (TPSA) is 66.6 Å². The third-order valence-electron chi connectivity index (χ3n) is 4.46. The van der Waals surface area contributed by atoms with Crippen molar-refractivity contribution in [1.29, 1.82) is 0 Å². The monoisotopic (exact) mass is 254 g/mol. The van der Waals surface area contributed by atoms with Crippen LogP contribution in [0.1, 0.15) is 39.0 Å². The Morgan fingerprint density at radius 2 is 2.17 bits per heavy atom. The summed E-state index contributed by atoms with van der Waals surface area (Å²) >= 11 is 0. The Hall–Kier alpha value is -0.610. The average Bonchev–Trinajstić information content (AvgIpc) is 2.76. The Labute approximate surface area is 110 Å². The number of hydrogen-bond acceptors (Lipinski definition) is 3. The molecule has 1 saturated heterocycles. The third-order valence-corrected chi connectivity index (χ3v) is 4.46. The molecule has 1 aliphatic carbocycles. The fourth-order valence-electron chi connectivity index (χ4n) is 3.57. The number of likely N-dealkylation sites (tertiary alicyclic amines) is 1. The van der Waals surface area contributed by atoms with E-state index < -0.39 is 0 Å². The molecule has 1 amide bonds. The zero-order chi connectivity index (χ0) is 13.1. The van der Waals surface area contributed by atoms with Gasteiger partial charge in [0.25, 0.3) is 0 Å². The number of carbonyl (C=O) groups excluding carboxylic acids is 1. The number of nitrogens with zero attached hydrogens (tertiary/aromatic N) is 1. The van der Waals surface area contributed by atoms with E-state index in [2.05, 4.69) is 6.92 Å². The van der Waals surface area contributed by atoms with Crippen LogP contribution in [-0.4, -0.2) is 41.7 Å². The highest BCUT2D eigenvalue weighted by Gasteiger charge is 2.34. The molecule has 104 valence electrons. The minimum atomic E-state index is 0.136. The van der Waals surface area contributed by atoms with Gasteiger partial charge in [0.2, 0.25) is 5.91 Å². The lowest BCUT2D eigenvalue weighted by Gasteiger charge is -2.32. The molecule has 0 aromatic rings. The molecule has 4 atom stereocenters. The van der Waals surface area contributed by atoms with E-state index in [1.807, 2.05) is 4.90 Å². The van der Waals surface area contributed by atoms with Gasteiger partial charge in [-0.2, -0.15) is 0 Å². The molecule has 3 N–H and O–H groups in total. The van der Waals surface area contributed by atoms with Crippen molar-refractivity contribution >= 4 is 5.91 Å². The SMILES string of the molecule is CC1CC(N)CC(C(=O)N2CCC(CCO)C2)C1. The first kappa shape index (κ1) is 13.8. The summed E-state index contributed by atoms with van der Waals surface area (Å²) in [5.74, 6) is 1.50. The van der Waals surface area contributed by atoms with Gasteiger partial charge in [0.15, 0.2) is 0 Å². The third kappa shape index (κ3) is 3.23. The van der Waals surface area contributed by atoms with Gasteiger partial charge in [0, 0.05) is 31.7 Å². The van der Waals surface area contributed by atoms with Crippen LogP contribution in [0.4, 0.5) is 0 Å². The van der Waals surface area contributed by atoms with Gasteiger partial charge in [-0.3, -0.25) is 4.79 Å². The molecule has 0 aromatic heterocycles. The second-order valence-electron chi connectivity index (χ2n) is 6.22. The van der Waals surface area contributed by atoms with Crippen molar-refractivity contribution in [2.45, 2.75) is 45.1 Å². The molecule has 1 aliphatic heterocycles. The van der Waals surface area contributed by atoms with Crippen molar-refractivity contribution in [3.8, 4) is 0 Å². The van der Waals surface area contributed by atoms with Crippen LogP contribution >= 0.6 is 0 Å². The van der Waals surface area contributed by atoms with Gasteiger partial charge in [0.1, 0.15) is 0 Å². The molecule has 0 bridgehead atoms. The molecule has 4 heteroatoms. The average molecular weight is 254 g/mol. The van der Waals surface area contributed by atoms with Gasteiger partial charge in [-0.1, -0.05) is 6.92 Å². The number of aliphatic hydroxyl groups is 1. The quantitative estimate of drug-likeness (QED) is 0.789. The zero-order valence-electron chi connectivity index (χ0n) is 11.3. The first-order valence-corrected chi connectivity index (χ1v) is 7.25. The highest BCUT2D eigenvalue weighted by atomic mass is 16.3. The molecule has 2 rings (SSSR count). The molecule has 1 saturated carbocycles. The van der Waals surface area contributed by atoms with Crippen LogP contribution in [0.25, 0.3) is 0 Å². The molecule has 0 radical (unpaired) electrons. The lowest BCUT2D eigenvalue weighted by Crippen LogP contribution is -2.41. The number of rotatable bonds is 3. The van der Waals surface area contributed by atoms with Crippen LogP contribution in [0.15, 0.2) is 0 Å². The fraction of sp³-hybridized carbons (Fsp3) is 0.929. The van der Waals surface area contributed by atoms with Crippen LogP contribution in [0, 0.1) is 17.8 Å². The summed E-state index contributed by atoms with van der Waals surface area (Å²) in [6, 6.07) is 0.193. The Bertz CT molecular complexity index is 286. The molecule has 2 aliphatic rings. The van der Waals surface area contributed by atoms with Gasteiger partial charge in [-0.25, -0.2) is 0 Å². The molecular weight excluding hydrogens is 228 g/mol. The van der Waals surface area contributed by atoms with Gasteiger partial charge in [-0.05, 0) is 43.9 Å². The van der Waals surface area contributed by atoms with E-state index in [9.17, 15) is 4.79 Å². The Kier molecular flexibility index (Phi) is 4.62. The van der Waals surface area contributed by atoms with Crippen molar-refractivity contribution in [3.63, 3.8) is 0 Å². The molecule has 4 nitrogen and oxygen atoms in total. The summed E-state index contributed by atoms with van der Waals surface area (Å²) in [4.78, 5) is 14.4. The second kappa shape index (κ2) is 6.02. The Morgan fingerprint density at radius 1 is 1.39 bits per heavy atom. The number of nitrogens with two attached hydrogens (primary N) is 1. The number of hydrogen-bond donors (Lipinski definition) is 2. The van der Waals surface area contributed by atoms with E-state index in [0.717, 1.165) is 45.2 Å². The molecule has 1 heterocycles. The van der Waals surface area contributed by atoms with Crippen LogP contribution in [-0.2, 0) is 4.79 Å². The normalized spacial score (nSPS) is 36.9. The lowest BCUT2D eigenvalue weighted by molar-refractivity contribution is -0.136. The summed E-state index contributed by atoms with van der Waals surface area (Å²) in [5, 5.41) is 8.95. The molecule has 0 aromatic carbocycles. The maximum atomic E-state index is 12.4. The minimum Gasteiger partial charge on any atom is -0.396 e. The van der Waals surface area contributed by atoms with Gasteiger partial charge in [0.05, 0.1) is 0 Å². The van der Waals surface area contributed by atoms with Crippen LogP contribution in [0.5, 0.6) is 0 Å². The summed E-state index contributed by atoms with van der Waals surface area (Å²) in [6.07, 6.45) is 4.76. The number of aliphatic hydroxyl groups excluding tert-OH is 1. The molecule has 18 heavy (non-hydrogen) atoms. The highest BCUT2D eigenvalue weighted by molar-refractivity contribution is 5.79. The van der Waals surface area contributed by atoms with E-state index in [4.69, 9.17) is 10.8 Å². The maximum absolute atomic E-state index is 12.4. The molecule has 2 fully saturated rings. The van der Waals surface area contributed by atoms with Gasteiger partial charge >= 0.3 is 0 Å². The van der Waals surface area contributed by atoms with Crippen molar-refractivity contribution in [2.75, 3.05) is 19.7 Å². The first-order chi connectivity index (χ1) is 8.60. The minimum absolute atomic E-state index is 0.136. The van der Waals surface area contributed by atoms with Gasteiger partial charge in [-0.15, -0.1) is 0 Å². The van der Waals surface area contributed by atoms with E-state index in [1.165, 1.54) is 0 Å². The van der Waals surface area contributed by atoms with Gasteiger partial charge < -0.3 is 15.7 Å². The molecule has 4 unspecified atom stereocenters. The Morgan fingerprint density at radius 3 is 2.83 bits per heavy atom. The van der Waals surface area contributed by atoms with Crippen LogP contribution < -0.4 is 5.73 Å². The summed E-state index contributed by atoms with van der Waals surface area (Å²) in [7, 11) is 0. The highest BCUT2D eigenvalue weighted by Crippen LogP contribution is 2.31. The number of carbonyl (C=O) groups is 1. The van der Waals surface area contributed by atoms with Crippen LogP contribution in [0.3, 0.4) is 0 Å². The molecule has 0 spiro atoms. The van der Waals surface area contributed by atoms with E-state index in [0.29, 0.717) is 17.7 Å².